The van der Waals surface area contributed by atoms with E-state index in [-0.39, 0.29) is 17.2 Å². The van der Waals surface area contributed by atoms with Crippen LogP contribution in [0, 0.1) is 11.8 Å². The van der Waals surface area contributed by atoms with Gasteiger partial charge in [0, 0.05) is 25.6 Å². The summed E-state index contributed by atoms with van der Waals surface area (Å²) in [6.07, 6.45) is 1.58. The van der Waals surface area contributed by atoms with Gasteiger partial charge < -0.3 is 9.64 Å². The average molecular weight is 407 g/mol. The average Bonchev–Trinajstić information content (AvgIpc) is 3.10. The summed E-state index contributed by atoms with van der Waals surface area (Å²) >= 11 is 1.54. The van der Waals surface area contributed by atoms with Crippen LogP contribution in [-0.4, -0.2) is 54.9 Å². The van der Waals surface area contributed by atoms with Crippen molar-refractivity contribution >= 4 is 26.5 Å². The van der Waals surface area contributed by atoms with Crippen molar-refractivity contribution in [3.63, 3.8) is 0 Å². The molecule has 1 saturated carbocycles. The van der Waals surface area contributed by atoms with Crippen molar-refractivity contribution in [2.24, 2.45) is 11.8 Å². The highest BCUT2D eigenvalue weighted by Gasteiger charge is 2.54. The third-order valence-corrected chi connectivity index (χ3v) is 9.06. The Hall–Kier alpha value is -1.71. The summed E-state index contributed by atoms with van der Waals surface area (Å²) in [5.74, 6) is 1.36. The fraction of sp³-hybridized carbons (Fsp3) is 0.556. The minimum absolute atomic E-state index is 0.121. The molecule has 2 aromatic rings. The molecule has 5 rings (SSSR count). The molecule has 1 aliphatic carbocycles. The fourth-order valence-electron chi connectivity index (χ4n) is 4.50. The first kappa shape index (κ1) is 17.4. The number of hydrogen-bond acceptors (Lipinski definition) is 7. The lowest BCUT2D eigenvalue weighted by Gasteiger charge is -2.29. The van der Waals surface area contributed by atoms with Crippen LogP contribution in [-0.2, 0) is 10.0 Å². The van der Waals surface area contributed by atoms with Crippen LogP contribution >= 0.6 is 11.3 Å². The minimum Gasteiger partial charge on any atom is -0.497 e. The maximum absolute atomic E-state index is 13.1. The van der Waals surface area contributed by atoms with Gasteiger partial charge in [0.05, 0.1) is 18.4 Å². The summed E-state index contributed by atoms with van der Waals surface area (Å²) in [4.78, 5) is 2.25. The smallest absolute Gasteiger partial charge is 0.217 e. The Kier molecular flexibility index (Phi) is 4.14. The number of nitrogens with zero attached hydrogens (tertiary/aromatic N) is 4. The van der Waals surface area contributed by atoms with Crippen LogP contribution in [0.2, 0.25) is 0 Å². The first-order valence-corrected chi connectivity index (χ1v) is 11.6. The van der Waals surface area contributed by atoms with Crippen LogP contribution in [0.25, 0.3) is 0 Å². The van der Waals surface area contributed by atoms with Gasteiger partial charge in [-0.3, -0.25) is 0 Å². The molecule has 27 heavy (non-hydrogen) atoms. The zero-order valence-corrected chi connectivity index (χ0v) is 16.7. The van der Waals surface area contributed by atoms with Gasteiger partial charge in [-0.15, -0.1) is 10.2 Å². The van der Waals surface area contributed by atoms with E-state index in [1.165, 1.54) is 11.3 Å². The molecule has 7 nitrogen and oxygen atoms in total. The lowest BCUT2D eigenvalue weighted by molar-refractivity contribution is 0.348. The quantitative estimate of drug-likeness (QED) is 0.757. The Balaban J connectivity index is 1.49. The standard InChI is InChI=1S/C18H22N4O3S2/c1-25-14-4-2-12(3-5-14)17-16-10-21(18-20-19-11-26-18)8-13(16)9-22(17)27(23,24)15-6-7-15/h2-5,11,13,15-17H,6-10H2,1H3/t13-,16-,17-/m0/s1. The van der Waals surface area contributed by atoms with E-state index < -0.39 is 10.0 Å². The van der Waals surface area contributed by atoms with Crippen molar-refractivity contribution in [3.05, 3.63) is 35.3 Å². The molecule has 0 N–H and O–H groups in total. The molecule has 0 bridgehead atoms. The Morgan fingerprint density at radius 2 is 1.93 bits per heavy atom. The van der Waals surface area contributed by atoms with E-state index >= 15 is 0 Å². The Labute approximate surface area is 163 Å². The summed E-state index contributed by atoms with van der Waals surface area (Å²) in [7, 11) is -1.59. The van der Waals surface area contributed by atoms with Crippen molar-refractivity contribution < 1.29 is 13.2 Å². The van der Waals surface area contributed by atoms with E-state index in [1.807, 2.05) is 24.3 Å². The first-order chi connectivity index (χ1) is 13.1. The second-order valence-corrected chi connectivity index (χ2v) is 10.6. The molecule has 2 aliphatic heterocycles. The fourth-order valence-corrected chi connectivity index (χ4v) is 7.19. The second kappa shape index (κ2) is 6.42. The van der Waals surface area contributed by atoms with Crippen molar-refractivity contribution in [2.75, 3.05) is 31.6 Å². The molecular formula is C18H22N4O3S2. The van der Waals surface area contributed by atoms with Crippen molar-refractivity contribution in [1.29, 1.82) is 0 Å². The molecule has 0 amide bonds. The number of sulfonamides is 1. The van der Waals surface area contributed by atoms with Crippen LogP contribution in [0.3, 0.4) is 0 Å². The third-order valence-electron chi connectivity index (χ3n) is 5.97. The molecule has 0 spiro atoms. The van der Waals surface area contributed by atoms with Gasteiger partial charge in [0.15, 0.2) is 0 Å². The van der Waals surface area contributed by atoms with Crippen LogP contribution < -0.4 is 9.64 Å². The number of methoxy groups -OCH3 is 1. The van der Waals surface area contributed by atoms with Crippen molar-refractivity contribution in [1.82, 2.24) is 14.5 Å². The van der Waals surface area contributed by atoms with E-state index in [0.29, 0.717) is 12.5 Å². The summed E-state index contributed by atoms with van der Waals surface area (Å²) in [6.45, 7) is 2.24. The lowest BCUT2D eigenvalue weighted by Crippen LogP contribution is -2.37. The van der Waals surface area contributed by atoms with Gasteiger partial charge in [-0.25, -0.2) is 8.42 Å². The maximum Gasteiger partial charge on any atom is 0.217 e. The molecule has 9 heteroatoms. The summed E-state index contributed by atoms with van der Waals surface area (Å²) < 4.78 is 33.3. The van der Waals surface area contributed by atoms with Gasteiger partial charge in [0.25, 0.3) is 0 Å². The highest BCUT2D eigenvalue weighted by molar-refractivity contribution is 7.90. The van der Waals surface area contributed by atoms with Crippen molar-refractivity contribution in [3.8, 4) is 5.75 Å². The number of benzene rings is 1. The molecule has 3 atom stereocenters. The van der Waals surface area contributed by atoms with Gasteiger partial charge in [0.2, 0.25) is 15.2 Å². The van der Waals surface area contributed by atoms with Gasteiger partial charge in [-0.05, 0) is 36.5 Å². The van der Waals surface area contributed by atoms with Gasteiger partial charge in [-0.1, -0.05) is 23.5 Å². The first-order valence-electron chi connectivity index (χ1n) is 9.23. The highest BCUT2D eigenvalue weighted by atomic mass is 32.2. The molecule has 144 valence electrons. The predicted octanol–water partition coefficient (Wildman–Crippen LogP) is 2.15. The number of hydrogen-bond donors (Lipinski definition) is 0. The van der Waals surface area contributed by atoms with Crippen molar-refractivity contribution in [2.45, 2.75) is 24.1 Å². The maximum atomic E-state index is 13.1. The Bertz CT molecular complexity index is 913. The number of fused-ring (bicyclic) bond motifs is 1. The lowest BCUT2D eigenvalue weighted by atomic mass is 9.90. The van der Waals surface area contributed by atoms with E-state index in [0.717, 1.165) is 42.4 Å². The molecule has 0 radical (unpaired) electrons. The van der Waals surface area contributed by atoms with Crippen LogP contribution in [0.5, 0.6) is 5.75 Å². The molecule has 0 unspecified atom stereocenters. The number of ether oxygens (including phenoxy) is 1. The zero-order valence-electron chi connectivity index (χ0n) is 15.1. The minimum atomic E-state index is -3.23. The van der Waals surface area contributed by atoms with E-state index in [4.69, 9.17) is 4.74 Å². The second-order valence-electron chi connectivity index (χ2n) is 7.58. The molecule has 1 aromatic carbocycles. The van der Waals surface area contributed by atoms with Crippen LogP contribution in [0.4, 0.5) is 5.13 Å². The molecule has 3 aliphatic rings. The largest absolute Gasteiger partial charge is 0.497 e. The summed E-state index contributed by atoms with van der Waals surface area (Å²) in [6, 6.07) is 7.73. The Morgan fingerprint density at radius 3 is 2.56 bits per heavy atom. The van der Waals surface area contributed by atoms with Crippen LogP contribution in [0.15, 0.2) is 29.8 Å². The molecular weight excluding hydrogens is 384 g/mol. The predicted molar refractivity (Wildman–Crippen MR) is 103 cm³/mol. The van der Waals surface area contributed by atoms with Gasteiger partial charge in [-0.2, -0.15) is 4.31 Å². The van der Waals surface area contributed by atoms with E-state index in [1.54, 1.807) is 16.9 Å². The SMILES string of the molecule is COc1ccc([C@H]2[C@H]3CN(c4nncs4)C[C@H]3CN2S(=O)(=O)C2CC2)cc1. The molecule has 3 heterocycles. The summed E-state index contributed by atoms with van der Waals surface area (Å²) in [5, 5.41) is 8.89. The van der Waals surface area contributed by atoms with E-state index in [2.05, 4.69) is 15.1 Å². The summed E-state index contributed by atoms with van der Waals surface area (Å²) in [5.41, 5.74) is 2.79. The molecule has 2 saturated heterocycles. The normalized spacial score (nSPS) is 28.5. The topological polar surface area (TPSA) is 75.6 Å². The monoisotopic (exact) mass is 406 g/mol. The number of aromatic nitrogens is 2. The molecule has 3 fully saturated rings. The van der Waals surface area contributed by atoms with Gasteiger partial charge in [0.1, 0.15) is 11.3 Å². The van der Waals surface area contributed by atoms with E-state index in [9.17, 15) is 8.42 Å². The Morgan fingerprint density at radius 1 is 1.15 bits per heavy atom. The number of rotatable bonds is 5. The number of anilines is 1. The molecule has 1 aromatic heterocycles. The highest BCUT2D eigenvalue weighted by Crippen LogP contribution is 2.49. The third kappa shape index (κ3) is 2.92. The zero-order chi connectivity index (χ0) is 18.6. The van der Waals surface area contributed by atoms with Gasteiger partial charge >= 0.3 is 0 Å². The van der Waals surface area contributed by atoms with Crippen LogP contribution in [0.1, 0.15) is 24.4 Å².